The molecule has 1 heterocycles. The van der Waals surface area contributed by atoms with E-state index in [1.807, 2.05) is 48.5 Å². The van der Waals surface area contributed by atoms with Crippen LogP contribution in [0.3, 0.4) is 0 Å². The maximum absolute atomic E-state index is 13.9. The van der Waals surface area contributed by atoms with Crippen LogP contribution in [0.15, 0.2) is 103 Å². The molecule has 0 aliphatic rings. The summed E-state index contributed by atoms with van der Waals surface area (Å²) in [5, 5.41) is 8.81. The number of hydrogen-bond donors (Lipinski definition) is 1. The Morgan fingerprint density at radius 2 is 1.61 bits per heavy atom. The van der Waals surface area contributed by atoms with E-state index in [1.54, 1.807) is 54.9 Å². The van der Waals surface area contributed by atoms with Gasteiger partial charge in [-0.2, -0.15) is 0 Å². The lowest BCUT2D eigenvalue weighted by atomic mass is 10.0. The molecule has 6 nitrogen and oxygen atoms in total. The summed E-state index contributed by atoms with van der Waals surface area (Å²) in [5.41, 5.74) is 3.24. The molecule has 4 aromatic rings. The van der Waals surface area contributed by atoms with E-state index in [-0.39, 0.29) is 13.0 Å². The van der Waals surface area contributed by atoms with E-state index >= 15 is 0 Å². The topological polar surface area (TPSA) is 79.7 Å². The van der Waals surface area contributed by atoms with Crippen molar-refractivity contribution in [1.82, 2.24) is 9.88 Å². The van der Waals surface area contributed by atoms with Gasteiger partial charge in [-0.3, -0.25) is 14.6 Å². The predicted octanol–water partition coefficient (Wildman–Crippen LogP) is 6.62. The molecule has 0 bridgehead atoms. The summed E-state index contributed by atoms with van der Waals surface area (Å²) in [7, 11) is 0. The van der Waals surface area contributed by atoms with Gasteiger partial charge in [0.1, 0.15) is 5.75 Å². The van der Waals surface area contributed by atoms with Gasteiger partial charge in [0.15, 0.2) is 0 Å². The fourth-order valence-corrected chi connectivity index (χ4v) is 4.01. The quantitative estimate of drug-likeness (QED) is 0.205. The highest BCUT2D eigenvalue weighted by molar-refractivity contribution is 5.94. The minimum atomic E-state index is -2.11. The van der Waals surface area contributed by atoms with Gasteiger partial charge in [-0.05, 0) is 60.2 Å². The van der Waals surface area contributed by atoms with E-state index in [0.29, 0.717) is 41.9 Å². The molecule has 0 saturated heterocycles. The lowest BCUT2D eigenvalue weighted by molar-refractivity contribution is -0.137. The molecule has 0 saturated carbocycles. The highest BCUT2D eigenvalue weighted by Crippen LogP contribution is 2.24. The van der Waals surface area contributed by atoms with Crippen LogP contribution in [0.25, 0.3) is 11.1 Å². The molecule has 0 aliphatic carbocycles. The standard InChI is InChI=1S/C32H32N2O4/c35-31(36)15-5-2-8-21-38-30-14-7-6-12-29(30)24-34(23-25-10-3-1-4-11-25)32(37)27-18-16-26(17-19-27)28-13-9-20-33-22-28/h1,3-4,6-7,9-14,16-20,22H,2,5,8,15,21,23-24H2,(H,35,36)/i23D2. The molecule has 0 atom stereocenters. The second-order valence-electron chi connectivity index (χ2n) is 8.85. The summed E-state index contributed by atoms with van der Waals surface area (Å²) >= 11 is 0. The van der Waals surface area contributed by atoms with E-state index in [0.717, 1.165) is 17.5 Å². The van der Waals surface area contributed by atoms with Crippen molar-refractivity contribution in [3.63, 3.8) is 0 Å². The van der Waals surface area contributed by atoms with Gasteiger partial charge >= 0.3 is 5.97 Å². The summed E-state index contributed by atoms with van der Waals surface area (Å²) in [4.78, 5) is 30.0. The molecular weight excluding hydrogens is 476 g/mol. The van der Waals surface area contributed by atoms with Crippen molar-refractivity contribution in [2.45, 2.75) is 38.7 Å². The Kier molecular flexibility index (Phi) is 8.65. The molecule has 3 aromatic carbocycles. The number of pyridine rings is 1. The number of carbonyl (C=O) groups excluding carboxylic acids is 1. The number of amides is 1. The minimum absolute atomic E-state index is 0.0136. The van der Waals surface area contributed by atoms with Crippen molar-refractivity contribution < 1.29 is 22.2 Å². The monoisotopic (exact) mass is 510 g/mol. The first-order chi connectivity index (χ1) is 19.4. The number of para-hydroxylation sites is 1. The van der Waals surface area contributed by atoms with Crippen LogP contribution in [0.2, 0.25) is 0 Å². The Bertz CT molecular complexity index is 1400. The normalized spacial score (nSPS) is 11.8. The molecule has 0 fully saturated rings. The van der Waals surface area contributed by atoms with Crippen LogP contribution < -0.4 is 4.74 Å². The van der Waals surface area contributed by atoms with E-state index < -0.39 is 18.4 Å². The van der Waals surface area contributed by atoms with E-state index in [2.05, 4.69) is 4.98 Å². The zero-order valence-corrected chi connectivity index (χ0v) is 21.1. The SMILES string of the molecule is [2H]C([2H])(c1ccccc1)N(Cc1ccccc1OCCCCCC(=O)O)C(=O)c1ccc(-c2cccnc2)cc1. The van der Waals surface area contributed by atoms with Crippen LogP contribution >= 0.6 is 0 Å². The van der Waals surface area contributed by atoms with Gasteiger partial charge in [0, 0.05) is 43.0 Å². The van der Waals surface area contributed by atoms with Crippen molar-refractivity contribution in [3.8, 4) is 16.9 Å². The van der Waals surface area contributed by atoms with Crippen molar-refractivity contribution >= 4 is 11.9 Å². The third-order valence-electron chi connectivity index (χ3n) is 6.00. The van der Waals surface area contributed by atoms with Crippen molar-refractivity contribution in [1.29, 1.82) is 0 Å². The fraction of sp³-hybridized carbons (Fsp3) is 0.219. The molecule has 1 N–H and O–H groups in total. The predicted molar refractivity (Wildman–Crippen MR) is 148 cm³/mol. The van der Waals surface area contributed by atoms with Crippen LogP contribution in [0.1, 0.15) is 49.9 Å². The number of nitrogens with zero attached hydrogens (tertiary/aromatic N) is 2. The zero-order valence-electron chi connectivity index (χ0n) is 23.1. The third kappa shape index (κ3) is 7.77. The van der Waals surface area contributed by atoms with E-state index in [1.165, 1.54) is 4.90 Å². The molecule has 38 heavy (non-hydrogen) atoms. The minimum Gasteiger partial charge on any atom is -0.493 e. The lowest BCUT2D eigenvalue weighted by Gasteiger charge is -2.24. The van der Waals surface area contributed by atoms with Gasteiger partial charge in [-0.15, -0.1) is 0 Å². The first-order valence-corrected chi connectivity index (χ1v) is 12.7. The number of unbranched alkanes of at least 4 members (excludes halogenated alkanes) is 2. The number of carboxylic acid groups (broad SMARTS) is 1. The molecule has 0 radical (unpaired) electrons. The summed E-state index contributed by atoms with van der Waals surface area (Å²) in [5.74, 6) is -0.695. The maximum Gasteiger partial charge on any atom is 0.303 e. The largest absolute Gasteiger partial charge is 0.493 e. The van der Waals surface area contributed by atoms with Crippen LogP contribution in [-0.4, -0.2) is 33.5 Å². The second-order valence-corrected chi connectivity index (χ2v) is 8.85. The average molecular weight is 511 g/mol. The zero-order chi connectivity index (χ0) is 28.4. The molecule has 0 spiro atoms. The summed E-state index contributed by atoms with van der Waals surface area (Å²) in [6.45, 7) is -1.73. The van der Waals surface area contributed by atoms with E-state index in [9.17, 15) is 9.59 Å². The summed E-state index contributed by atoms with van der Waals surface area (Å²) in [6.07, 6.45) is 5.58. The number of ether oxygens (including phenoxy) is 1. The van der Waals surface area contributed by atoms with Gasteiger partial charge in [0.2, 0.25) is 0 Å². The van der Waals surface area contributed by atoms with Crippen LogP contribution in [0, 0.1) is 0 Å². The van der Waals surface area contributed by atoms with Gasteiger partial charge in [-0.1, -0.05) is 66.7 Å². The van der Waals surface area contributed by atoms with Crippen molar-refractivity contribution in [3.05, 3.63) is 120 Å². The number of hydrogen-bond acceptors (Lipinski definition) is 4. The second kappa shape index (κ2) is 13.7. The summed E-state index contributed by atoms with van der Waals surface area (Å²) < 4.78 is 24.0. The summed E-state index contributed by atoms with van der Waals surface area (Å²) in [6, 6.07) is 26.8. The molecule has 194 valence electrons. The number of carbonyl (C=O) groups is 2. The third-order valence-corrected chi connectivity index (χ3v) is 6.00. The van der Waals surface area contributed by atoms with Gasteiger partial charge in [0.05, 0.1) is 9.35 Å². The molecule has 1 aromatic heterocycles. The van der Waals surface area contributed by atoms with Crippen molar-refractivity contribution in [2.75, 3.05) is 6.61 Å². The highest BCUT2D eigenvalue weighted by atomic mass is 16.5. The Morgan fingerprint density at radius 1 is 0.842 bits per heavy atom. The molecule has 0 aliphatic heterocycles. The van der Waals surface area contributed by atoms with Crippen LogP contribution in [0.4, 0.5) is 0 Å². The number of aliphatic carboxylic acids is 1. The molecule has 0 unspecified atom stereocenters. The Balaban J connectivity index is 1.58. The number of aromatic nitrogens is 1. The van der Waals surface area contributed by atoms with E-state index in [4.69, 9.17) is 12.6 Å². The average Bonchev–Trinajstić information content (AvgIpc) is 2.98. The van der Waals surface area contributed by atoms with Crippen LogP contribution in [0.5, 0.6) is 5.75 Å². The number of carboxylic acids is 1. The number of benzene rings is 3. The first-order valence-electron chi connectivity index (χ1n) is 13.7. The Labute approximate surface area is 226 Å². The van der Waals surface area contributed by atoms with Gasteiger partial charge in [-0.25, -0.2) is 0 Å². The Morgan fingerprint density at radius 3 is 2.34 bits per heavy atom. The lowest BCUT2D eigenvalue weighted by Crippen LogP contribution is -2.30. The van der Waals surface area contributed by atoms with Crippen LogP contribution in [-0.2, 0) is 17.8 Å². The number of rotatable bonds is 13. The maximum atomic E-state index is 13.9. The highest BCUT2D eigenvalue weighted by Gasteiger charge is 2.19. The molecule has 6 heteroatoms. The van der Waals surface area contributed by atoms with Gasteiger partial charge in [0.25, 0.3) is 5.91 Å². The Hall–Kier alpha value is -4.45. The first kappa shape index (κ1) is 23.9. The molecule has 4 rings (SSSR count). The fourth-order valence-electron chi connectivity index (χ4n) is 4.01. The molecular formula is C32H32N2O4. The smallest absolute Gasteiger partial charge is 0.303 e. The van der Waals surface area contributed by atoms with Gasteiger partial charge < -0.3 is 14.7 Å². The molecule has 1 amide bonds. The van der Waals surface area contributed by atoms with Crippen molar-refractivity contribution in [2.24, 2.45) is 0 Å².